The van der Waals surface area contributed by atoms with E-state index in [0.29, 0.717) is 5.02 Å². The number of halogens is 3. The maximum atomic E-state index is 6.11. The van der Waals surface area contributed by atoms with E-state index in [1.807, 2.05) is 54.6 Å². The number of benzene rings is 3. The van der Waals surface area contributed by atoms with Gasteiger partial charge in [-0.15, -0.1) is 0 Å². The first-order valence-corrected chi connectivity index (χ1v) is 9.54. The van der Waals surface area contributed by atoms with Crippen molar-refractivity contribution in [3.05, 3.63) is 80.7 Å². The van der Waals surface area contributed by atoms with Crippen LogP contribution >= 0.6 is 43.5 Å². The minimum atomic E-state index is 0.677. The summed E-state index contributed by atoms with van der Waals surface area (Å²) in [6.45, 7) is 0. The first-order chi connectivity index (χ1) is 12.1. The Morgan fingerprint density at radius 2 is 1.76 bits per heavy atom. The molecular formula is C19H12Br2ClN3. The highest BCUT2D eigenvalue weighted by Crippen LogP contribution is 2.33. The number of hydrogen-bond donors (Lipinski definition) is 1. The molecule has 0 aliphatic heterocycles. The van der Waals surface area contributed by atoms with Gasteiger partial charge in [-0.3, -0.25) is 4.57 Å². The molecule has 0 amide bonds. The molecule has 6 heteroatoms. The van der Waals surface area contributed by atoms with Gasteiger partial charge in [0.15, 0.2) is 0 Å². The highest BCUT2D eigenvalue weighted by Gasteiger charge is 2.15. The van der Waals surface area contributed by atoms with Crippen molar-refractivity contribution < 1.29 is 0 Å². The Bertz CT molecular complexity index is 1080. The van der Waals surface area contributed by atoms with Gasteiger partial charge in [0, 0.05) is 19.7 Å². The lowest BCUT2D eigenvalue weighted by Gasteiger charge is -2.13. The summed E-state index contributed by atoms with van der Waals surface area (Å²) in [5.41, 5.74) is 3.81. The Kier molecular flexibility index (Phi) is 4.54. The van der Waals surface area contributed by atoms with Crippen molar-refractivity contribution in [2.45, 2.75) is 0 Å². The molecule has 0 bridgehead atoms. The van der Waals surface area contributed by atoms with Gasteiger partial charge in [-0.25, -0.2) is 4.98 Å². The van der Waals surface area contributed by atoms with Crippen LogP contribution in [0.5, 0.6) is 0 Å². The van der Waals surface area contributed by atoms with E-state index in [-0.39, 0.29) is 0 Å². The molecule has 0 fully saturated rings. The van der Waals surface area contributed by atoms with E-state index < -0.39 is 0 Å². The summed E-state index contributed by atoms with van der Waals surface area (Å²) in [6, 6.07) is 21.7. The zero-order chi connectivity index (χ0) is 17.4. The lowest BCUT2D eigenvalue weighted by atomic mass is 10.3. The largest absolute Gasteiger partial charge is 0.325 e. The molecule has 25 heavy (non-hydrogen) atoms. The quantitative estimate of drug-likeness (QED) is 0.346. The molecule has 0 atom stereocenters. The average molecular weight is 478 g/mol. The summed E-state index contributed by atoms with van der Waals surface area (Å²) in [5, 5.41) is 4.06. The van der Waals surface area contributed by atoms with Crippen LogP contribution in [0.1, 0.15) is 0 Å². The summed E-state index contributed by atoms with van der Waals surface area (Å²) < 4.78 is 4.07. The Balaban J connectivity index is 1.93. The van der Waals surface area contributed by atoms with E-state index in [1.165, 1.54) is 0 Å². The van der Waals surface area contributed by atoms with Gasteiger partial charge >= 0.3 is 0 Å². The van der Waals surface area contributed by atoms with E-state index in [2.05, 4.69) is 53.9 Å². The zero-order valence-electron chi connectivity index (χ0n) is 12.9. The predicted octanol–water partition coefficient (Wildman–Crippen LogP) is 6.95. The molecular weight excluding hydrogens is 465 g/mol. The van der Waals surface area contributed by atoms with Crippen molar-refractivity contribution in [3.8, 4) is 5.69 Å². The second-order valence-corrected chi connectivity index (χ2v) is 7.70. The van der Waals surface area contributed by atoms with Crippen LogP contribution in [0.3, 0.4) is 0 Å². The van der Waals surface area contributed by atoms with E-state index in [0.717, 1.165) is 37.3 Å². The van der Waals surface area contributed by atoms with Crippen LogP contribution in [-0.2, 0) is 0 Å². The standard InChI is InChI=1S/C19H12Br2ClN3/c20-12-8-9-15(21)18(10-12)25-17-7-2-1-6-16(17)24-19(25)23-14-5-3-4-13(22)11-14/h1-11H,(H,23,24). The van der Waals surface area contributed by atoms with Crippen molar-refractivity contribution in [1.29, 1.82) is 0 Å². The van der Waals surface area contributed by atoms with Gasteiger partial charge in [-0.2, -0.15) is 0 Å². The molecule has 0 aliphatic carbocycles. The van der Waals surface area contributed by atoms with E-state index >= 15 is 0 Å². The van der Waals surface area contributed by atoms with Crippen molar-refractivity contribution in [2.75, 3.05) is 5.32 Å². The minimum absolute atomic E-state index is 0.677. The molecule has 1 heterocycles. The number of aromatic nitrogens is 2. The first kappa shape index (κ1) is 16.6. The molecule has 4 aromatic rings. The monoisotopic (exact) mass is 475 g/mol. The van der Waals surface area contributed by atoms with Gasteiger partial charge < -0.3 is 5.32 Å². The minimum Gasteiger partial charge on any atom is -0.325 e. The fraction of sp³-hybridized carbons (Fsp3) is 0. The van der Waals surface area contributed by atoms with Crippen molar-refractivity contribution in [3.63, 3.8) is 0 Å². The van der Waals surface area contributed by atoms with E-state index in [4.69, 9.17) is 16.6 Å². The van der Waals surface area contributed by atoms with Crippen molar-refractivity contribution >= 4 is 66.1 Å². The fourth-order valence-corrected chi connectivity index (χ4v) is 3.67. The molecule has 0 unspecified atom stereocenters. The summed E-state index contributed by atoms with van der Waals surface area (Å²) in [7, 11) is 0. The molecule has 0 saturated carbocycles. The first-order valence-electron chi connectivity index (χ1n) is 7.57. The number of hydrogen-bond acceptors (Lipinski definition) is 2. The number of fused-ring (bicyclic) bond motifs is 1. The molecule has 124 valence electrons. The summed E-state index contributed by atoms with van der Waals surface area (Å²) in [4.78, 5) is 4.76. The number of rotatable bonds is 3. The molecule has 0 radical (unpaired) electrons. The zero-order valence-corrected chi connectivity index (χ0v) is 16.8. The van der Waals surface area contributed by atoms with Gasteiger partial charge in [-0.05, 0) is 64.5 Å². The Morgan fingerprint density at radius 1 is 0.920 bits per heavy atom. The third-order valence-corrected chi connectivity index (χ3v) is 5.19. The molecule has 0 aliphatic rings. The highest BCUT2D eigenvalue weighted by molar-refractivity contribution is 9.11. The molecule has 1 N–H and O–H groups in total. The molecule has 3 nitrogen and oxygen atoms in total. The molecule has 0 spiro atoms. The summed E-state index contributed by atoms with van der Waals surface area (Å²) >= 11 is 13.3. The van der Waals surface area contributed by atoms with Crippen LogP contribution in [0.4, 0.5) is 11.6 Å². The van der Waals surface area contributed by atoms with Gasteiger partial charge in [0.1, 0.15) is 0 Å². The van der Waals surface area contributed by atoms with Gasteiger partial charge in [-0.1, -0.05) is 45.7 Å². The topological polar surface area (TPSA) is 29.9 Å². The van der Waals surface area contributed by atoms with Crippen LogP contribution < -0.4 is 5.32 Å². The van der Waals surface area contributed by atoms with E-state index in [1.54, 1.807) is 0 Å². The second kappa shape index (κ2) is 6.83. The van der Waals surface area contributed by atoms with Gasteiger partial charge in [0.25, 0.3) is 0 Å². The van der Waals surface area contributed by atoms with Crippen LogP contribution in [0.15, 0.2) is 75.7 Å². The maximum Gasteiger partial charge on any atom is 0.213 e. The van der Waals surface area contributed by atoms with Crippen LogP contribution in [0.25, 0.3) is 16.7 Å². The van der Waals surface area contributed by atoms with Crippen molar-refractivity contribution in [2.24, 2.45) is 0 Å². The summed E-state index contributed by atoms with van der Waals surface area (Å²) in [5.74, 6) is 0.724. The number of imidazole rings is 1. The third-order valence-electron chi connectivity index (χ3n) is 3.79. The smallest absolute Gasteiger partial charge is 0.213 e. The normalized spacial score (nSPS) is 11.0. The maximum absolute atomic E-state index is 6.11. The van der Waals surface area contributed by atoms with Crippen LogP contribution in [-0.4, -0.2) is 9.55 Å². The molecule has 3 aromatic carbocycles. The molecule has 1 aromatic heterocycles. The molecule has 4 rings (SSSR count). The average Bonchev–Trinajstić information content (AvgIpc) is 2.95. The van der Waals surface area contributed by atoms with Crippen LogP contribution in [0, 0.1) is 0 Å². The number of nitrogens with zero attached hydrogens (tertiary/aromatic N) is 2. The number of para-hydroxylation sites is 2. The Morgan fingerprint density at radius 3 is 2.60 bits per heavy atom. The second-order valence-electron chi connectivity index (χ2n) is 5.49. The van der Waals surface area contributed by atoms with E-state index in [9.17, 15) is 0 Å². The highest BCUT2D eigenvalue weighted by atomic mass is 79.9. The number of nitrogens with one attached hydrogen (secondary N) is 1. The lowest BCUT2D eigenvalue weighted by Crippen LogP contribution is -2.02. The van der Waals surface area contributed by atoms with Crippen molar-refractivity contribution in [1.82, 2.24) is 9.55 Å². The van der Waals surface area contributed by atoms with Gasteiger partial charge in [0.2, 0.25) is 5.95 Å². The SMILES string of the molecule is Clc1cccc(Nc2nc3ccccc3n2-c2cc(Br)ccc2Br)c1. The molecule has 0 saturated heterocycles. The number of anilines is 2. The Hall–Kier alpha value is -1.82. The lowest BCUT2D eigenvalue weighted by molar-refractivity contribution is 1.09. The van der Waals surface area contributed by atoms with Crippen LogP contribution in [0.2, 0.25) is 5.02 Å². The fourth-order valence-electron chi connectivity index (χ4n) is 2.71. The Labute approximate surface area is 166 Å². The third kappa shape index (κ3) is 3.32. The van der Waals surface area contributed by atoms with Gasteiger partial charge in [0.05, 0.1) is 16.7 Å². The summed E-state index contributed by atoms with van der Waals surface area (Å²) in [6.07, 6.45) is 0. The predicted molar refractivity (Wildman–Crippen MR) is 111 cm³/mol.